The number of nitrogens with zero attached hydrogens (tertiary/aromatic N) is 2. The molecule has 0 aliphatic rings. The van der Waals surface area contributed by atoms with Crippen LogP contribution in [0, 0.1) is 0 Å². The largest absolute Gasteiger partial charge is 0.366 e. The number of carbonyl (C=O) groups is 1. The van der Waals surface area contributed by atoms with Gasteiger partial charge in [-0.1, -0.05) is 12.1 Å². The Bertz CT molecular complexity index is 653. The minimum atomic E-state index is -0.464. The lowest BCUT2D eigenvalue weighted by molar-refractivity contribution is 0.1000. The summed E-state index contributed by atoms with van der Waals surface area (Å²) in [6, 6.07) is 7.13. The maximum Gasteiger partial charge on any atom is 0.328 e. The number of primary amides is 1. The predicted octanol–water partition coefficient (Wildman–Crippen LogP) is 1.38. The third kappa shape index (κ3) is 2.76. The van der Waals surface area contributed by atoms with Crippen molar-refractivity contribution in [3.05, 3.63) is 58.3 Å². The van der Waals surface area contributed by atoms with E-state index in [-0.39, 0.29) is 11.7 Å². The molecule has 1 heterocycles. The van der Waals surface area contributed by atoms with Crippen LogP contribution in [0.4, 0.5) is 0 Å². The second kappa shape index (κ2) is 5.14. The fraction of sp³-hybridized carbons (Fsp3) is 0.286. The molecule has 0 aliphatic carbocycles. The molecule has 1 amide bonds. The van der Waals surface area contributed by atoms with Crippen molar-refractivity contribution in [1.82, 2.24) is 9.13 Å². The maximum atomic E-state index is 12.1. The molecule has 0 saturated carbocycles. The Morgan fingerprint density at radius 3 is 2.63 bits per heavy atom. The number of carbonyl (C=O) groups excluding carboxylic acids is 1. The van der Waals surface area contributed by atoms with E-state index in [4.69, 9.17) is 5.73 Å². The van der Waals surface area contributed by atoms with Crippen LogP contribution in [0.2, 0.25) is 0 Å². The molecular weight excluding hydrogens is 242 g/mol. The highest BCUT2D eigenvalue weighted by Gasteiger charge is 2.07. The van der Waals surface area contributed by atoms with Gasteiger partial charge in [0.15, 0.2) is 0 Å². The van der Waals surface area contributed by atoms with Gasteiger partial charge >= 0.3 is 5.69 Å². The zero-order valence-electron chi connectivity index (χ0n) is 11.0. The van der Waals surface area contributed by atoms with Gasteiger partial charge in [0.2, 0.25) is 5.91 Å². The van der Waals surface area contributed by atoms with Crippen LogP contribution in [-0.4, -0.2) is 15.0 Å². The van der Waals surface area contributed by atoms with Gasteiger partial charge in [0, 0.05) is 24.0 Å². The van der Waals surface area contributed by atoms with Gasteiger partial charge in [-0.15, -0.1) is 0 Å². The molecule has 5 heteroatoms. The number of imidazole rings is 1. The van der Waals surface area contributed by atoms with Gasteiger partial charge in [-0.3, -0.25) is 13.9 Å². The number of amides is 1. The van der Waals surface area contributed by atoms with Crippen LogP contribution in [0.3, 0.4) is 0 Å². The highest BCUT2D eigenvalue weighted by atomic mass is 16.2. The molecular formula is C14H17N3O2. The summed E-state index contributed by atoms with van der Waals surface area (Å²) >= 11 is 0. The first-order valence-electron chi connectivity index (χ1n) is 6.15. The third-order valence-corrected chi connectivity index (χ3v) is 2.99. The number of hydrogen-bond donors (Lipinski definition) is 1. The molecule has 5 nitrogen and oxygen atoms in total. The number of benzene rings is 1. The van der Waals surface area contributed by atoms with Gasteiger partial charge < -0.3 is 5.73 Å². The lowest BCUT2D eigenvalue weighted by atomic mass is 10.1. The van der Waals surface area contributed by atoms with Crippen LogP contribution in [0.1, 0.15) is 35.8 Å². The molecule has 100 valence electrons. The first-order valence-corrected chi connectivity index (χ1v) is 6.15. The maximum absolute atomic E-state index is 12.1. The third-order valence-electron chi connectivity index (χ3n) is 2.99. The monoisotopic (exact) mass is 259 g/mol. The SMILES string of the molecule is CC(C)n1ccn(Cc2cccc(C(N)=O)c2)c1=O. The summed E-state index contributed by atoms with van der Waals surface area (Å²) in [5, 5.41) is 0. The second-order valence-corrected chi connectivity index (χ2v) is 4.77. The molecule has 0 radical (unpaired) electrons. The lowest BCUT2D eigenvalue weighted by Gasteiger charge is -2.06. The van der Waals surface area contributed by atoms with E-state index in [1.807, 2.05) is 19.9 Å². The molecule has 0 bridgehead atoms. The number of rotatable bonds is 4. The first kappa shape index (κ1) is 13.1. The molecule has 0 fully saturated rings. The molecule has 2 aromatic rings. The van der Waals surface area contributed by atoms with E-state index < -0.39 is 5.91 Å². The van der Waals surface area contributed by atoms with E-state index in [1.54, 1.807) is 39.7 Å². The van der Waals surface area contributed by atoms with E-state index >= 15 is 0 Å². The molecule has 2 N–H and O–H groups in total. The number of nitrogens with two attached hydrogens (primary N) is 1. The van der Waals surface area contributed by atoms with Gasteiger partial charge in [-0.05, 0) is 31.5 Å². The van der Waals surface area contributed by atoms with E-state index in [0.717, 1.165) is 5.56 Å². The molecule has 0 atom stereocenters. The zero-order valence-corrected chi connectivity index (χ0v) is 11.0. The van der Waals surface area contributed by atoms with Crippen LogP contribution in [0.5, 0.6) is 0 Å². The van der Waals surface area contributed by atoms with E-state index in [1.165, 1.54) is 0 Å². The van der Waals surface area contributed by atoms with E-state index in [2.05, 4.69) is 0 Å². The normalized spacial score (nSPS) is 10.9. The highest BCUT2D eigenvalue weighted by molar-refractivity contribution is 5.92. The summed E-state index contributed by atoms with van der Waals surface area (Å²) in [7, 11) is 0. The molecule has 0 spiro atoms. The van der Waals surface area contributed by atoms with Crippen molar-refractivity contribution in [2.75, 3.05) is 0 Å². The quantitative estimate of drug-likeness (QED) is 0.901. The fourth-order valence-electron chi connectivity index (χ4n) is 1.96. The summed E-state index contributed by atoms with van der Waals surface area (Å²) in [6.45, 7) is 4.35. The Kier molecular flexibility index (Phi) is 3.55. The molecule has 19 heavy (non-hydrogen) atoms. The van der Waals surface area contributed by atoms with Crippen LogP contribution >= 0.6 is 0 Å². The van der Waals surface area contributed by atoms with Crippen molar-refractivity contribution >= 4 is 5.91 Å². The van der Waals surface area contributed by atoms with Crippen molar-refractivity contribution in [2.45, 2.75) is 26.4 Å². The fourth-order valence-corrected chi connectivity index (χ4v) is 1.96. The Labute approximate surface area is 111 Å². The molecule has 0 saturated heterocycles. The first-order chi connectivity index (χ1) is 8.99. The second-order valence-electron chi connectivity index (χ2n) is 4.77. The smallest absolute Gasteiger partial charge is 0.328 e. The van der Waals surface area contributed by atoms with Crippen LogP contribution in [0.15, 0.2) is 41.5 Å². The van der Waals surface area contributed by atoms with Gasteiger partial charge in [0.1, 0.15) is 0 Å². The highest BCUT2D eigenvalue weighted by Crippen LogP contribution is 2.07. The van der Waals surface area contributed by atoms with Crippen molar-refractivity contribution in [1.29, 1.82) is 0 Å². The van der Waals surface area contributed by atoms with Crippen molar-refractivity contribution in [3.63, 3.8) is 0 Å². The Balaban J connectivity index is 2.29. The summed E-state index contributed by atoms with van der Waals surface area (Å²) < 4.78 is 3.28. The van der Waals surface area contributed by atoms with Gasteiger partial charge in [0.05, 0.1) is 6.54 Å². The summed E-state index contributed by atoms with van der Waals surface area (Å²) in [4.78, 5) is 23.2. The standard InChI is InChI=1S/C14H17N3O2/c1-10(2)17-7-6-16(14(17)19)9-11-4-3-5-12(8-11)13(15)18/h3-8,10H,9H2,1-2H3,(H2,15,18). The predicted molar refractivity (Wildman–Crippen MR) is 73.1 cm³/mol. The van der Waals surface area contributed by atoms with Crippen molar-refractivity contribution in [2.24, 2.45) is 5.73 Å². The van der Waals surface area contributed by atoms with Gasteiger partial charge in [-0.2, -0.15) is 0 Å². The van der Waals surface area contributed by atoms with Gasteiger partial charge in [-0.25, -0.2) is 4.79 Å². The molecule has 2 rings (SSSR count). The minimum Gasteiger partial charge on any atom is -0.366 e. The van der Waals surface area contributed by atoms with E-state index in [0.29, 0.717) is 12.1 Å². The number of aromatic nitrogens is 2. The summed E-state index contributed by atoms with van der Waals surface area (Å²) in [5.74, 6) is -0.464. The van der Waals surface area contributed by atoms with Crippen LogP contribution in [0.25, 0.3) is 0 Å². The van der Waals surface area contributed by atoms with Crippen molar-refractivity contribution < 1.29 is 4.79 Å². The molecule has 1 aromatic heterocycles. The Morgan fingerprint density at radius 2 is 2.05 bits per heavy atom. The van der Waals surface area contributed by atoms with Gasteiger partial charge in [0.25, 0.3) is 0 Å². The minimum absolute atomic E-state index is 0.0560. The Morgan fingerprint density at radius 1 is 1.32 bits per heavy atom. The zero-order chi connectivity index (χ0) is 14.0. The number of hydrogen-bond acceptors (Lipinski definition) is 2. The summed E-state index contributed by atoms with van der Waals surface area (Å²) in [6.07, 6.45) is 3.52. The molecule has 1 aromatic carbocycles. The average Bonchev–Trinajstić information content (AvgIpc) is 2.71. The average molecular weight is 259 g/mol. The molecule has 0 aliphatic heterocycles. The lowest BCUT2D eigenvalue weighted by Crippen LogP contribution is -2.25. The van der Waals surface area contributed by atoms with Crippen molar-refractivity contribution in [3.8, 4) is 0 Å². The van der Waals surface area contributed by atoms with E-state index in [9.17, 15) is 9.59 Å². The summed E-state index contributed by atoms with van der Waals surface area (Å²) in [5.41, 5.74) is 6.51. The topological polar surface area (TPSA) is 70.0 Å². The Hall–Kier alpha value is -2.30. The van der Waals surface area contributed by atoms with Crippen LogP contribution in [-0.2, 0) is 6.54 Å². The molecule has 0 unspecified atom stereocenters. The van der Waals surface area contributed by atoms with Crippen LogP contribution < -0.4 is 11.4 Å².